The summed E-state index contributed by atoms with van der Waals surface area (Å²) in [7, 11) is 0. The van der Waals surface area contributed by atoms with E-state index in [1.807, 2.05) is 24.3 Å². The Morgan fingerprint density at radius 1 is 1.33 bits per heavy atom. The molecule has 0 radical (unpaired) electrons. The fraction of sp³-hybridized carbons (Fsp3) is 0.588. The maximum Gasteiger partial charge on any atom is 0.223 e. The molecular weight excluding hydrogens is 286 g/mol. The first-order valence-electron chi connectivity index (χ1n) is 7.85. The lowest BCUT2D eigenvalue weighted by Gasteiger charge is -2.31. The Morgan fingerprint density at radius 3 is 2.90 bits per heavy atom. The van der Waals surface area contributed by atoms with Crippen LogP contribution in [-0.2, 0) is 4.79 Å². The SMILES string of the molecule is O=C(NC1CCCCC1CO)C1CC1c1cccc(Cl)c1. The van der Waals surface area contributed by atoms with Crippen molar-refractivity contribution in [2.45, 2.75) is 44.1 Å². The number of carbonyl (C=O) groups is 1. The fourth-order valence-corrected chi connectivity index (χ4v) is 3.70. The monoisotopic (exact) mass is 307 g/mol. The Balaban J connectivity index is 1.57. The van der Waals surface area contributed by atoms with Crippen LogP contribution >= 0.6 is 11.6 Å². The molecule has 114 valence electrons. The lowest BCUT2D eigenvalue weighted by molar-refractivity contribution is -0.123. The van der Waals surface area contributed by atoms with Gasteiger partial charge < -0.3 is 10.4 Å². The minimum atomic E-state index is 0.0738. The minimum absolute atomic E-state index is 0.0738. The quantitative estimate of drug-likeness (QED) is 0.898. The van der Waals surface area contributed by atoms with Gasteiger partial charge >= 0.3 is 0 Å². The lowest BCUT2D eigenvalue weighted by atomic mass is 9.85. The average Bonchev–Trinajstić information content (AvgIpc) is 3.28. The van der Waals surface area contributed by atoms with Crippen molar-refractivity contribution >= 4 is 17.5 Å². The van der Waals surface area contributed by atoms with Crippen molar-refractivity contribution in [3.05, 3.63) is 34.9 Å². The molecule has 4 heteroatoms. The lowest BCUT2D eigenvalue weighted by Crippen LogP contribution is -2.44. The summed E-state index contributed by atoms with van der Waals surface area (Å²) in [5.74, 6) is 0.751. The van der Waals surface area contributed by atoms with Crippen molar-refractivity contribution in [3.8, 4) is 0 Å². The van der Waals surface area contributed by atoms with Gasteiger partial charge in [0.2, 0.25) is 5.91 Å². The first-order chi connectivity index (χ1) is 10.2. The average molecular weight is 308 g/mol. The van der Waals surface area contributed by atoms with E-state index in [-0.39, 0.29) is 30.4 Å². The second-order valence-electron chi connectivity index (χ2n) is 6.35. The minimum Gasteiger partial charge on any atom is -0.396 e. The molecule has 1 aromatic carbocycles. The van der Waals surface area contributed by atoms with Gasteiger partial charge in [-0.25, -0.2) is 0 Å². The number of nitrogens with one attached hydrogen (secondary N) is 1. The van der Waals surface area contributed by atoms with Crippen molar-refractivity contribution in [1.82, 2.24) is 5.32 Å². The molecule has 4 atom stereocenters. The number of halogens is 1. The van der Waals surface area contributed by atoms with Crippen LogP contribution in [0.5, 0.6) is 0 Å². The number of hydrogen-bond acceptors (Lipinski definition) is 2. The standard InChI is InChI=1S/C17H22ClNO2/c18-13-6-3-5-11(8-13)14-9-15(14)17(21)19-16-7-2-1-4-12(16)10-20/h3,5-6,8,12,14-16,20H,1-2,4,7,9-10H2,(H,19,21). The molecule has 2 N–H and O–H groups in total. The first-order valence-corrected chi connectivity index (χ1v) is 8.23. The number of rotatable bonds is 4. The van der Waals surface area contributed by atoms with Crippen molar-refractivity contribution in [1.29, 1.82) is 0 Å². The maximum atomic E-state index is 12.4. The zero-order valence-corrected chi connectivity index (χ0v) is 12.9. The Labute approximate surface area is 130 Å². The number of hydrogen-bond donors (Lipinski definition) is 2. The molecular formula is C17H22ClNO2. The first kappa shape index (κ1) is 14.9. The summed E-state index contributed by atoms with van der Waals surface area (Å²) in [5, 5.41) is 13.3. The molecule has 21 heavy (non-hydrogen) atoms. The number of aliphatic hydroxyl groups is 1. The van der Waals surface area contributed by atoms with E-state index >= 15 is 0 Å². The van der Waals surface area contributed by atoms with Gasteiger partial charge in [0.1, 0.15) is 0 Å². The Kier molecular flexibility index (Phi) is 4.51. The van der Waals surface area contributed by atoms with Gasteiger partial charge in [-0.1, -0.05) is 36.6 Å². The topological polar surface area (TPSA) is 49.3 Å². The van der Waals surface area contributed by atoms with E-state index in [0.717, 1.165) is 42.7 Å². The molecule has 3 rings (SSSR count). The Morgan fingerprint density at radius 2 is 2.14 bits per heavy atom. The highest BCUT2D eigenvalue weighted by molar-refractivity contribution is 6.30. The van der Waals surface area contributed by atoms with Gasteiger partial charge in [0.15, 0.2) is 0 Å². The summed E-state index contributed by atoms with van der Waals surface area (Å²) in [4.78, 5) is 12.4. The zero-order chi connectivity index (χ0) is 14.8. The number of amides is 1. The summed E-state index contributed by atoms with van der Waals surface area (Å²) in [6.45, 7) is 0.174. The molecule has 2 saturated carbocycles. The highest BCUT2D eigenvalue weighted by Gasteiger charge is 2.44. The van der Waals surface area contributed by atoms with Gasteiger partial charge in [-0.3, -0.25) is 4.79 Å². The van der Waals surface area contributed by atoms with Gasteiger partial charge in [-0.2, -0.15) is 0 Å². The van der Waals surface area contributed by atoms with Crippen LogP contribution in [0.2, 0.25) is 5.02 Å². The molecule has 1 amide bonds. The van der Waals surface area contributed by atoms with Crippen LogP contribution in [0.15, 0.2) is 24.3 Å². The zero-order valence-electron chi connectivity index (χ0n) is 12.1. The van der Waals surface area contributed by atoms with Gasteiger partial charge in [-0.15, -0.1) is 0 Å². The van der Waals surface area contributed by atoms with Crippen LogP contribution in [0.25, 0.3) is 0 Å². The molecule has 2 aliphatic rings. The number of aliphatic hydroxyl groups excluding tert-OH is 1. The smallest absolute Gasteiger partial charge is 0.223 e. The van der Waals surface area contributed by atoms with Crippen LogP contribution in [0.1, 0.15) is 43.6 Å². The normalized spacial score (nSPS) is 31.7. The molecule has 3 nitrogen and oxygen atoms in total. The van der Waals surface area contributed by atoms with Crippen LogP contribution in [0, 0.1) is 11.8 Å². The summed E-state index contributed by atoms with van der Waals surface area (Å²) in [6, 6.07) is 7.94. The van der Waals surface area contributed by atoms with Crippen molar-refractivity contribution in [2.24, 2.45) is 11.8 Å². The van der Waals surface area contributed by atoms with E-state index in [4.69, 9.17) is 11.6 Å². The highest BCUT2D eigenvalue weighted by atomic mass is 35.5. The molecule has 4 unspecified atom stereocenters. The van der Waals surface area contributed by atoms with E-state index in [9.17, 15) is 9.90 Å². The van der Waals surface area contributed by atoms with Crippen LogP contribution in [0.4, 0.5) is 0 Å². The molecule has 1 aromatic rings. The van der Waals surface area contributed by atoms with Crippen LogP contribution < -0.4 is 5.32 Å². The molecule has 0 bridgehead atoms. The Bertz CT molecular complexity index is 519. The molecule has 2 aliphatic carbocycles. The van der Waals surface area contributed by atoms with Crippen LogP contribution in [0.3, 0.4) is 0 Å². The maximum absolute atomic E-state index is 12.4. The van der Waals surface area contributed by atoms with E-state index in [1.165, 1.54) is 0 Å². The van der Waals surface area contributed by atoms with E-state index in [0.29, 0.717) is 5.92 Å². The molecule has 0 saturated heterocycles. The largest absolute Gasteiger partial charge is 0.396 e. The highest BCUT2D eigenvalue weighted by Crippen LogP contribution is 2.48. The van der Waals surface area contributed by atoms with Crippen molar-refractivity contribution < 1.29 is 9.90 Å². The number of carbonyl (C=O) groups excluding carboxylic acids is 1. The molecule has 0 aromatic heterocycles. The third-order valence-electron chi connectivity index (χ3n) is 4.88. The van der Waals surface area contributed by atoms with Crippen molar-refractivity contribution in [2.75, 3.05) is 6.61 Å². The van der Waals surface area contributed by atoms with E-state index < -0.39 is 0 Å². The van der Waals surface area contributed by atoms with E-state index in [2.05, 4.69) is 5.32 Å². The summed E-state index contributed by atoms with van der Waals surface area (Å²) >= 11 is 6.01. The second-order valence-corrected chi connectivity index (χ2v) is 6.78. The van der Waals surface area contributed by atoms with Crippen molar-refractivity contribution in [3.63, 3.8) is 0 Å². The number of benzene rings is 1. The molecule has 0 heterocycles. The summed E-state index contributed by atoms with van der Waals surface area (Å²) in [5.41, 5.74) is 1.16. The molecule has 0 aliphatic heterocycles. The Hall–Kier alpha value is -1.06. The van der Waals surface area contributed by atoms with Crippen LogP contribution in [-0.4, -0.2) is 23.7 Å². The summed E-state index contributed by atoms with van der Waals surface area (Å²) < 4.78 is 0. The second kappa shape index (κ2) is 6.37. The molecule has 0 spiro atoms. The van der Waals surface area contributed by atoms with Gasteiger partial charge in [0.05, 0.1) is 0 Å². The van der Waals surface area contributed by atoms with Gasteiger partial charge in [-0.05, 0) is 42.9 Å². The predicted molar refractivity (Wildman–Crippen MR) is 83.3 cm³/mol. The van der Waals surface area contributed by atoms with Gasteiger partial charge in [0, 0.05) is 29.5 Å². The third kappa shape index (κ3) is 3.41. The molecule has 2 fully saturated rings. The van der Waals surface area contributed by atoms with E-state index in [1.54, 1.807) is 0 Å². The summed E-state index contributed by atoms with van der Waals surface area (Å²) in [6.07, 6.45) is 5.22. The van der Waals surface area contributed by atoms with Gasteiger partial charge in [0.25, 0.3) is 0 Å². The third-order valence-corrected chi connectivity index (χ3v) is 5.11. The fourth-order valence-electron chi connectivity index (χ4n) is 3.50. The predicted octanol–water partition coefficient (Wildman–Crippen LogP) is 3.11.